The number of aromatic nitrogens is 1. The summed E-state index contributed by atoms with van der Waals surface area (Å²) in [6, 6.07) is 5.46. The number of anilines is 1. The van der Waals surface area contributed by atoms with Gasteiger partial charge in [-0.05, 0) is 18.2 Å². The molecule has 0 unspecified atom stereocenters. The first-order valence-electron chi connectivity index (χ1n) is 8.14. The molecular weight excluding hydrogens is 326 g/mol. The quantitative estimate of drug-likeness (QED) is 0.836. The van der Waals surface area contributed by atoms with Crippen molar-refractivity contribution in [3.05, 3.63) is 35.3 Å². The predicted molar refractivity (Wildman–Crippen MR) is 92.3 cm³/mol. The van der Waals surface area contributed by atoms with Crippen molar-refractivity contribution in [2.24, 2.45) is 0 Å². The number of piperazine rings is 1. The van der Waals surface area contributed by atoms with Crippen molar-refractivity contribution in [1.29, 1.82) is 0 Å². The minimum Gasteiger partial charge on any atom is -0.490 e. The van der Waals surface area contributed by atoms with E-state index in [-0.39, 0.29) is 5.91 Å². The first-order valence-corrected chi connectivity index (χ1v) is 9.02. The van der Waals surface area contributed by atoms with Crippen LogP contribution in [-0.4, -0.2) is 55.2 Å². The normalized spacial score (nSPS) is 17.5. The molecule has 2 aliphatic rings. The number of thiazole rings is 1. The zero-order valence-corrected chi connectivity index (χ0v) is 14.1. The molecule has 0 bridgehead atoms. The van der Waals surface area contributed by atoms with Gasteiger partial charge in [-0.1, -0.05) is 0 Å². The Kier molecular flexibility index (Phi) is 4.25. The molecule has 7 heteroatoms. The molecular formula is C17H19N3O3S. The van der Waals surface area contributed by atoms with Gasteiger partial charge in [-0.25, -0.2) is 4.98 Å². The second kappa shape index (κ2) is 6.68. The summed E-state index contributed by atoms with van der Waals surface area (Å²) in [7, 11) is 0. The summed E-state index contributed by atoms with van der Waals surface area (Å²) >= 11 is 1.63. The number of carbonyl (C=O) groups excluding carboxylic acids is 1. The lowest BCUT2D eigenvalue weighted by atomic mass is 10.1. The van der Waals surface area contributed by atoms with Crippen molar-refractivity contribution in [2.75, 3.05) is 44.3 Å². The maximum atomic E-state index is 12.8. The Morgan fingerprint density at radius 1 is 1.08 bits per heavy atom. The van der Waals surface area contributed by atoms with E-state index in [2.05, 4.69) is 9.88 Å². The predicted octanol–water partition coefficient (Wildman–Crippen LogP) is 2.27. The van der Waals surface area contributed by atoms with Crippen LogP contribution in [0.1, 0.15) is 16.8 Å². The SMILES string of the molecule is O=C(c1ccc2c(c1)OCCCO2)N1CCN(c2nccs2)CC1. The summed E-state index contributed by atoms with van der Waals surface area (Å²) in [5.74, 6) is 1.43. The molecule has 24 heavy (non-hydrogen) atoms. The minimum absolute atomic E-state index is 0.0458. The van der Waals surface area contributed by atoms with Crippen LogP contribution < -0.4 is 14.4 Å². The van der Waals surface area contributed by atoms with Crippen molar-refractivity contribution < 1.29 is 14.3 Å². The van der Waals surface area contributed by atoms with Crippen molar-refractivity contribution >= 4 is 22.4 Å². The fourth-order valence-electron chi connectivity index (χ4n) is 2.95. The van der Waals surface area contributed by atoms with Gasteiger partial charge in [0.25, 0.3) is 5.91 Å². The third-order valence-corrected chi connectivity index (χ3v) is 5.08. The molecule has 2 aromatic rings. The summed E-state index contributed by atoms with van der Waals surface area (Å²) in [6.45, 7) is 4.30. The van der Waals surface area contributed by atoms with Crippen LogP contribution in [-0.2, 0) is 0 Å². The van der Waals surface area contributed by atoms with Crippen molar-refractivity contribution in [2.45, 2.75) is 6.42 Å². The standard InChI is InChI=1S/C17H19N3O3S/c21-16(13-2-3-14-15(12-13)23-10-1-9-22-14)19-5-7-20(8-6-19)17-18-4-11-24-17/h2-4,11-12H,1,5-10H2. The molecule has 126 valence electrons. The minimum atomic E-state index is 0.0458. The van der Waals surface area contributed by atoms with Crippen LogP contribution in [0.4, 0.5) is 5.13 Å². The molecule has 0 radical (unpaired) electrons. The van der Waals surface area contributed by atoms with E-state index in [0.29, 0.717) is 37.6 Å². The first kappa shape index (κ1) is 15.3. The molecule has 0 atom stereocenters. The Labute approximate surface area is 144 Å². The summed E-state index contributed by atoms with van der Waals surface area (Å²) in [6.07, 6.45) is 2.67. The Bertz CT molecular complexity index is 712. The maximum absolute atomic E-state index is 12.8. The van der Waals surface area contributed by atoms with Crippen LogP contribution in [0.2, 0.25) is 0 Å². The van der Waals surface area contributed by atoms with Gasteiger partial charge in [-0.3, -0.25) is 4.79 Å². The average molecular weight is 345 g/mol. The van der Waals surface area contributed by atoms with Crippen LogP contribution in [0.3, 0.4) is 0 Å². The van der Waals surface area contributed by atoms with Gasteiger partial charge in [0.15, 0.2) is 16.6 Å². The Morgan fingerprint density at radius 2 is 1.88 bits per heavy atom. The Hall–Kier alpha value is -2.28. The van der Waals surface area contributed by atoms with Gasteiger partial charge in [0, 0.05) is 49.7 Å². The lowest BCUT2D eigenvalue weighted by Gasteiger charge is -2.34. The Morgan fingerprint density at radius 3 is 2.62 bits per heavy atom. The average Bonchev–Trinajstić information content (AvgIpc) is 3.06. The van der Waals surface area contributed by atoms with Gasteiger partial charge >= 0.3 is 0 Å². The number of hydrogen-bond acceptors (Lipinski definition) is 6. The number of benzene rings is 1. The fourth-order valence-corrected chi connectivity index (χ4v) is 3.65. The molecule has 1 amide bonds. The van der Waals surface area contributed by atoms with Gasteiger partial charge in [-0.15, -0.1) is 11.3 Å². The molecule has 3 heterocycles. The smallest absolute Gasteiger partial charge is 0.254 e. The lowest BCUT2D eigenvalue weighted by Crippen LogP contribution is -2.48. The van der Waals surface area contributed by atoms with E-state index in [4.69, 9.17) is 9.47 Å². The van der Waals surface area contributed by atoms with Crippen LogP contribution >= 0.6 is 11.3 Å². The third kappa shape index (κ3) is 3.03. The molecule has 0 spiro atoms. The highest BCUT2D eigenvalue weighted by Gasteiger charge is 2.24. The largest absolute Gasteiger partial charge is 0.490 e. The van der Waals surface area contributed by atoms with E-state index in [1.165, 1.54) is 0 Å². The summed E-state index contributed by atoms with van der Waals surface area (Å²) in [4.78, 5) is 21.2. The van der Waals surface area contributed by atoms with E-state index in [1.807, 2.05) is 28.6 Å². The van der Waals surface area contributed by atoms with E-state index < -0.39 is 0 Å². The Balaban J connectivity index is 1.44. The molecule has 1 fully saturated rings. The van der Waals surface area contributed by atoms with Gasteiger partial charge < -0.3 is 19.3 Å². The van der Waals surface area contributed by atoms with Crippen molar-refractivity contribution in [3.63, 3.8) is 0 Å². The lowest BCUT2D eigenvalue weighted by molar-refractivity contribution is 0.0746. The highest BCUT2D eigenvalue weighted by atomic mass is 32.1. The monoisotopic (exact) mass is 345 g/mol. The van der Waals surface area contributed by atoms with E-state index in [1.54, 1.807) is 17.4 Å². The van der Waals surface area contributed by atoms with Crippen molar-refractivity contribution in [1.82, 2.24) is 9.88 Å². The van der Waals surface area contributed by atoms with Crippen molar-refractivity contribution in [3.8, 4) is 11.5 Å². The number of carbonyl (C=O) groups is 1. The highest BCUT2D eigenvalue weighted by molar-refractivity contribution is 7.13. The topological polar surface area (TPSA) is 54.9 Å². The molecule has 6 nitrogen and oxygen atoms in total. The van der Waals surface area contributed by atoms with Gasteiger partial charge in [0.05, 0.1) is 13.2 Å². The number of hydrogen-bond donors (Lipinski definition) is 0. The highest BCUT2D eigenvalue weighted by Crippen LogP contribution is 2.31. The number of ether oxygens (including phenoxy) is 2. The van der Waals surface area contributed by atoms with E-state index in [0.717, 1.165) is 30.4 Å². The zero-order valence-electron chi connectivity index (χ0n) is 13.3. The molecule has 0 saturated carbocycles. The molecule has 0 N–H and O–H groups in total. The molecule has 1 aromatic carbocycles. The molecule has 1 saturated heterocycles. The number of amides is 1. The summed E-state index contributed by atoms with van der Waals surface area (Å²) in [5.41, 5.74) is 0.655. The number of nitrogens with zero attached hydrogens (tertiary/aromatic N) is 3. The van der Waals surface area contributed by atoms with Crippen LogP contribution in [0, 0.1) is 0 Å². The number of rotatable bonds is 2. The summed E-state index contributed by atoms with van der Waals surface area (Å²) < 4.78 is 11.3. The van der Waals surface area contributed by atoms with Crippen LogP contribution in [0.15, 0.2) is 29.8 Å². The maximum Gasteiger partial charge on any atom is 0.254 e. The fraction of sp³-hybridized carbons (Fsp3) is 0.412. The second-order valence-corrected chi connectivity index (χ2v) is 6.68. The van der Waals surface area contributed by atoms with Crippen LogP contribution in [0.25, 0.3) is 0 Å². The molecule has 2 aliphatic heterocycles. The third-order valence-electron chi connectivity index (χ3n) is 4.25. The molecule has 0 aliphatic carbocycles. The number of fused-ring (bicyclic) bond motifs is 1. The molecule has 1 aromatic heterocycles. The first-order chi connectivity index (χ1) is 11.8. The van der Waals surface area contributed by atoms with E-state index >= 15 is 0 Å². The van der Waals surface area contributed by atoms with Crippen LogP contribution in [0.5, 0.6) is 11.5 Å². The van der Waals surface area contributed by atoms with Gasteiger partial charge in [0.1, 0.15) is 0 Å². The zero-order chi connectivity index (χ0) is 16.4. The second-order valence-electron chi connectivity index (χ2n) is 5.81. The molecule has 4 rings (SSSR count). The van der Waals surface area contributed by atoms with Gasteiger partial charge in [-0.2, -0.15) is 0 Å². The van der Waals surface area contributed by atoms with Gasteiger partial charge in [0.2, 0.25) is 0 Å². The van der Waals surface area contributed by atoms with E-state index in [9.17, 15) is 4.79 Å². The summed E-state index contributed by atoms with van der Waals surface area (Å²) in [5, 5.41) is 3.00.